The van der Waals surface area contributed by atoms with Gasteiger partial charge < -0.3 is 15.5 Å². The molecule has 1 aliphatic heterocycles. The van der Waals surface area contributed by atoms with Crippen LogP contribution in [0.4, 0.5) is 5.82 Å². The largest absolute Gasteiger partial charge is 0.357 e. The Morgan fingerprint density at radius 1 is 1.07 bits per heavy atom. The van der Waals surface area contributed by atoms with Gasteiger partial charge in [-0.3, -0.25) is 9.98 Å². The van der Waals surface area contributed by atoms with Crippen LogP contribution in [0.25, 0.3) is 0 Å². The molecule has 3 heterocycles. The van der Waals surface area contributed by atoms with Gasteiger partial charge in [-0.2, -0.15) is 0 Å². The van der Waals surface area contributed by atoms with E-state index in [9.17, 15) is 0 Å². The van der Waals surface area contributed by atoms with Gasteiger partial charge in [0.2, 0.25) is 0 Å². The molecule has 0 saturated carbocycles. The first-order valence-electron chi connectivity index (χ1n) is 9.39. The highest BCUT2D eigenvalue weighted by molar-refractivity contribution is 14.0. The minimum Gasteiger partial charge on any atom is -0.357 e. The van der Waals surface area contributed by atoms with Crippen molar-refractivity contribution >= 4 is 35.8 Å². The number of pyridine rings is 2. The molecule has 0 unspecified atom stereocenters. The molecule has 7 heteroatoms. The lowest BCUT2D eigenvalue weighted by Crippen LogP contribution is -2.38. The third kappa shape index (κ3) is 6.97. The quantitative estimate of drug-likeness (QED) is 0.378. The number of guanidine groups is 1. The lowest BCUT2D eigenvalue weighted by atomic mass is 10.1. The fourth-order valence-electron chi connectivity index (χ4n) is 3.13. The van der Waals surface area contributed by atoms with E-state index in [1.54, 1.807) is 7.05 Å². The predicted molar refractivity (Wildman–Crippen MR) is 122 cm³/mol. The maximum absolute atomic E-state index is 4.54. The molecule has 146 valence electrons. The number of anilines is 1. The molecule has 6 nitrogen and oxygen atoms in total. The second-order valence-electron chi connectivity index (χ2n) is 6.49. The smallest absolute Gasteiger partial charge is 0.191 e. The number of rotatable bonds is 6. The van der Waals surface area contributed by atoms with Gasteiger partial charge in [0.25, 0.3) is 0 Å². The number of hydrogen-bond donors (Lipinski definition) is 2. The fourth-order valence-corrected chi connectivity index (χ4v) is 3.13. The molecule has 0 amide bonds. The molecule has 0 atom stereocenters. The number of nitrogens with zero attached hydrogens (tertiary/aromatic N) is 4. The van der Waals surface area contributed by atoms with Gasteiger partial charge >= 0.3 is 0 Å². The second kappa shape index (κ2) is 11.7. The summed E-state index contributed by atoms with van der Waals surface area (Å²) in [6.45, 7) is 3.75. The average Bonchev–Trinajstić information content (AvgIpc) is 2.72. The van der Waals surface area contributed by atoms with Crippen molar-refractivity contribution in [2.75, 3.05) is 31.6 Å². The Labute approximate surface area is 178 Å². The first kappa shape index (κ1) is 21.4. The van der Waals surface area contributed by atoms with Crippen molar-refractivity contribution in [1.29, 1.82) is 0 Å². The highest BCUT2D eigenvalue weighted by Crippen LogP contribution is 2.18. The topological polar surface area (TPSA) is 65.4 Å². The molecule has 0 bridgehead atoms. The van der Waals surface area contributed by atoms with Crippen LogP contribution in [-0.2, 0) is 13.0 Å². The summed E-state index contributed by atoms with van der Waals surface area (Å²) in [5, 5.41) is 6.71. The molecule has 0 aromatic carbocycles. The second-order valence-corrected chi connectivity index (χ2v) is 6.49. The number of nitrogens with one attached hydrogen (secondary N) is 2. The van der Waals surface area contributed by atoms with E-state index in [-0.39, 0.29) is 24.0 Å². The summed E-state index contributed by atoms with van der Waals surface area (Å²) in [7, 11) is 1.79. The van der Waals surface area contributed by atoms with Crippen LogP contribution in [0, 0.1) is 0 Å². The van der Waals surface area contributed by atoms with Crippen molar-refractivity contribution in [2.45, 2.75) is 32.2 Å². The maximum Gasteiger partial charge on any atom is 0.191 e. The van der Waals surface area contributed by atoms with Crippen LogP contribution < -0.4 is 15.5 Å². The third-order valence-corrected chi connectivity index (χ3v) is 4.57. The summed E-state index contributed by atoms with van der Waals surface area (Å²) in [6.07, 6.45) is 8.45. The Kier molecular flexibility index (Phi) is 9.30. The van der Waals surface area contributed by atoms with Gasteiger partial charge in [-0.05, 0) is 49.1 Å². The van der Waals surface area contributed by atoms with Crippen molar-refractivity contribution in [3.63, 3.8) is 0 Å². The molecule has 1 saturated heterocycles. The van der Waals surface area contributed by atoms with E-state index in [0.29, 0.717) is 0 Å². The fraction of sp³-hybridized carbons (Fsp3) is 0.450. The zero-order chi connectivity index (χ0) is 18.0. The molecule has 0 radical (unpaired) electrons. The van der Waals surface area contributed by atoms with E-state index >= 15 is 0 Å². The van der Waals surface area contributed by atoms with Crippen molar-refractivity contribution in [3.05, 3.63) is 54.0 Å². The van der Waals surface area contributed by atoms with E-state index in [2.05, 4.69) is 42.6 Å². The van der Waals surface area contributed by atoms with Crippen molar-refractivity contribution in [1.82, 2.24) is 20.6 Å². The predicted octanol–water partition coefficient (Wildman–Crippen LogP) is 2.99. The molecular formula is C20H29IN6. The summed E-state index contributed by atoms with van der Waals surface area (Å²) in [5.74, 6) is 1.89. The van der Waals surface area contributed by atoms with E-state index in [1.807, 2.05) is 30.6 Å². The van der Waals surface area contributed by atoms with Crippen molar-refractivity contribution in [3.8, 4) is 0 Å². The molecule has 1 aliphatic rings. The first-order chi connectivity index (χ1) is 12.8. The van der Waals surface area contributed by atoms with Crippen LogP contribution in [-0.4, -0.2) is 42.6 Å². The summed E-state index contributed by atoms with van der Waals surface area (Å²) >= 11 is 0. The molecule has 3 rings (SSSR count). The van der Waals surface area contributed by atoms with E-state index in [1.165, 1.54) is 24.8 Å². The van der Waals surface area contributed by atoms with Crippen LogP contribution in [0.5, 0.6) is 0 Å². The van der Waals surface area contributed by atoms with Gasteiger partial charge in [0, 0.05) is 57.7 Å². The van der Waals surface area contributed by atoms with E-state index < -0.39 is 0 Å². The highest BCUT2D eigenvalue weighted by atomic mass is 127. The van der Waals surface area contributed by atoms with Gasteiger partial charge in [-0.1, -0.05) is 6.07 Å². The van der Waals surface area contributed by atoms with Gasteiger partial charge in [0.1, 0.15) is 5.82 Å². The standard InChI is InChI=1S/C20H28N6.HI/c1-21-20(24-12-9-18-7-3-4-10-22-18)25-16-17-8-11-23-19(15-17)26-13-5-2-6-14-26;/h3-4,7-8,10-11,15H,2,5-6,9,12-14,16H2,1H3,(H2,21,24,25);1H. The molecule has 0 spiro atoms. The van der Waals surface area contributed by atoms with Gasteiger partial charge in [-0.15, -0.1) is 24.0 Å². The van der Waals surface area contributed by atoms with Crippen LogP contribution in [0.15, 0.2) is 47.7 Å². The Morgan fingerprint density at radius 3 is 2.67 bits per heavy atom. The van der Waals surface area contributed by atoms with Crippen LogP contribution in [0.1, 0.15) is 30.5 Å². The highest BCUT2D eigenvalue weighted by Gasteiger charge is 2.12. The van der Waals surface area contributed by atoms with Gasteiger partial charge in [0.15, 0.2) is 5.96 Å². The molecule has 1 fully saturated rings. The van der Waals surface area contributed by atoms with E-state index in [4.69, 9.17) is 0 Å². The van der Waals surface area contributed by atoms with Gasteiger partial charge in [-0.25, -0.2) is 4.98 Å². The Bertz CT molecular complexity index is 701. The molecule has 0 aliphatic carbocycles. The molecule has 2 aromatic heterocycles. The summed E-state index contributed by atoms with van der Waals surface area (Å²) < 4.78 is 0. The Balaban J connectivity index is 0.00000261. The maximum atomic E-state index is 4.54. The molecule has 2 aromatic rings. The molecular weight excluding hydrogens is 451 g/mol. The Hall–Kier alpha value is -1.90. The van der Waals surface area contributed by atoms with Crippen LogP contribution >= 0.6 is 24.0 Å². The lowest BCUT2D eigenvalue weighted by Gasteiger charge is -2.28. The number of piperidine rings is 1. The van der Waals surface area contributed by atoms with E-state index in [0.717, 1.165) is 50.1 Å². The monoisotopic (exact) mass is 480 g/mol. The molecule has 2 N–H and O–H groups in total. The minimum absolute atomic E-state index is 0. The zero-order valence-corrected chi connectivity index (χ0v) is 18.2. The molecule has 27 heavy (non-hydrogen) atoms. The summed E-state index contributed by atoms with van der Waals surface area (Å²) in [6, 6.07) is 10.2. The third-order valence-electron chi connectivity index (χ3n) is 4.57. The van der Waals surface area contributed by atoms with Gasteiger partial charge in [0.05, 0.1) is 0 Å². The van der Waals surface area contributed by atoms with Crippen molar-refractivity contribution in [2.24, 2.45) is 4.99 Å². The van der Waals surface area contributed by atoms with Crippen LogP contribution in [0.2, 0.25) is 0 Å². The first-order valence-corrected chi connectivity index (χ1v) is 9.39. The SMILES string of the molecule is CN=C(NCCc1ccccn1)NCc1ccnc(N2CCCCC2)c1.I. The average molecular weight is 480 g/mol. The number of aromatic nitrogens is 2. The summed E-state index contributed by atoms with van der Waals surface area (Å²) in [5.41, 5.74) is 2.30. The van der Waals surface area contributed by atoms with Crippen LogP contribution in [0.3, 0.4) is 0 Å². The Morgan fingerprint density at radius 2 is 1.93 bits per heavy atom. The number of aliphatic imine (C=N–C) groups is 1. The number of halogens is 1. The zero-order valence-electron chi connectivity index (χ0n) is 15.9. The normalized spacial score (nSPS) is 14.4. The lowest BCUT2D eigenvalue weighted by molar-refractivity contribution is 0.573. The summed E-state index contributed by atoms with van der Waals surface area (Å²) in [4.78, 5) is 15.6. The minimum atomic E-state index is 0. The van der Waals surface area contributed by atoms with Crippen molar-refractivity contribution < 1.29 is 0 Å². The number of hydrogen-bond acceptors (Lipinski definition) is 4.